The van der Waals surface area contributed by atoms with Crippen molar-refractivity contribution >= 4 is 11.7 Å². The van der Waals surface area contributed by atoms with E-state index in [4.69, 9.17) is 16.2 Å². The number of carboxylic acids is 1. The topological polar surface area (TPSA) is 87.2 Å². The fraction of sp³-hybridized carbons (Fsp3) is 0.0909. The van der Waals surface area contributed by atoms with Crippen LogP contribution < -0.4 is 5.73 Å². The summed E-state index contributed by atoms with van der Waals surface area (Å²) < 4.78 is 0. The van der Waals surface area contributed by atoms with Gasteiger partial charge in [0, 0.05) is 5.57 Å². The molecule has 4 nitrogen and oxygen atoms in total. The molecule has 0 aliphatic heterocycles. The first kappa shape index (κ1) is 11.0. The van der Waals surface area contributed by atoms with Gasteiger partial charge in [0.2, 0.25) is 0 Å². The van der Waals surface area contributed by atoms with Crippen molar-refractivity contribution in [1.29, 1.82) is 5.41 Å². The van der Waals surface area contributed by atoms with E-state index in [1.807, 2.05) is 6.07 Å². The highest BCUT2D eigenvalue weighted by Crippen LogP contribution is 2.09. The van der Waals surface area contributed by atoms with Crippen molar-refractivity contribution in [1.82, 2.24) is 0 Å². The van der Waals surface area contributed by atoms with Gasteiger partial charge >= 0.3 is 5.97 Å². The molecule has 78 valence electrons. The minimum Gasteiger partial charge on any atom is -0.477 e. The summed E-state index contributed by atoms with van der Waals surface area (Å²) in [5.41, 5.74) is 6.11. The molecule has 0 heterocycles. The maximum absolute atomic E-state index is 10.6. The Labute approximate surface area is 87.5 Å². The molecule has 0 unspecified atom stereocenters. The number of hydrogen-bond acceptors (Lipinski definition) is 3. The summed E-state index contributed by atoms with van der Waals surface area (Å²) >= 11 is 0. The maximum atomic E-state index is 10.6. The van der Waals surface area contributed by atoms with E-state index in [0.29, 0.717) is 5.56 Å². The predicted octanol–water partition coefficient (Wildman–Crippen LogP) is 1.37. The van der Waals surface area contributed by atoms with Crippen molar-refractivity contribution in [3.8, 4) is 0 Å². The van der Waals surface area contributed by atoms with Crippen LogP contribution in [0, 0.1) is 5.41 Å². The molecule has 0 bridgehead atoms. The van der Waals surface area contributed by atoms with E-state index in [1.165, 1.54) is 6.92 Å². The first-order chi connectivity index (χ1) is 7.04. The minimum atomic E-state index is -1.20. The second kappa shape index (κ2) is 4.41. The zero-order valence-corrected chi connectivity index (χ0v) is 8.32. The number of nitrogens with one attached hydrogen (secondary N) is 1. The van der Waals surface area contributed by atoms with Gasteiger partial charge in [-0.25, -0.2) is 4.79 Å². The van der Waals surface area contributed by atoms with Crippen LogP contribution in [0.1, 0.15) is 12.5 Å². The van der Waals surface area contributed by atoms with Crippen LogP contribution in [-0.2, 0) is 4.79 Å². The Balaban J connectivity index is 3.07. The van der Waals surface area contributed by atoms with Crippen LogP contribution in [0.25, 0.3) is 0 Å². The first-order valence-electron chi connectivity index (χ1n) is 4.38. The molecule has 15 heavy (non-hydrogen) atoms. The molecule has 0 atom stereocenters. The van der Waals surface area contributed by atoms with E-state index >= 15 is 0 Å². The number of aliphatic carboxylic acids is 1. The highest BCUT2D eigenvalue weighted by Gasteiger charge is 2.11. The Morgan fingerprint density at radius 3 is 2.33 bits per heavy atom. The molecule has 0 amide bonds. The van der Waals surface area contributed by atoms with Gasteiger partial charge in [-0.1, -0.05) is 30.3 Å². The average Bonchev–Trinajstić information content (AvgIpc) is 2.27. The van der Waals surface area contributed by atoms with Crippen molar-refractivity contribution in [3.05, 3.63) is 47.2 Å². The minimum absolute atomic E-state index is 0.135. The van der Waals surface area contributed by atoms with Crippen molar-refractivity contribution in [2.45, 2.75) is 6.92 Å². The molecule has 0 saturated heterocycles. The summed E-state index contributed by atoms with van der Waals surface area (Å²) in [6.07, 6.45) is 0. The second-order valence-corrected chi connectivity index (χ2v) is 3.08. The molecule has 4 heteroatoms. The predicted molar refractivity (Wildman–Crippen MR) is 57.8 cm³/mol. The van der Waals surface area contributed by atoms with Gasteiger partial charge in [-0.15, -0.1) is 0 Å². The summed E-state index contributed by atoms with van der Waals surface area (Å²) in [7, 11) is 0. The van der Waals surface area contributed by atoms with Crippen LogP contribution in [0.4, 0.5) is 0 Å². The van der Waals surface area contributed by atoms with Crippen LogP contribution in [-0.4, -0.2) is 16.8 Å². The van der Waals surface area contributed by atoms with Gasteiger partial charge in [0.1, 0.15) is 5.70 Å². The molecule has 4 N–H and O–H groups in total. The average molecular weight is 204 g/mol. The molecule has 0 radical (unpaired) electrons. The molecular weight excluding hydrogens is 192 g/mol. The lowest BCUT2D eigenvalue weighted by Gasteiger charge is -2.06. The molecule has 1 aromatic rings. The highest BCUT2D eigenvalue weighted by atomic mass is 16.4. The largest absolute Gasteiger partial charge is 0.477 e. The van der Waals surface area contributed by atoms with Crippen LogP contribution in [0.2, 0.25) is 0 Å². The summed E-state index contributed by atoms with van der Waals surface area (Å²) in [4.78, 5) is 10.6. The molecule has 1 rings (SSSR count). The quantitative estimate of drug-likeness (QED) is 0.513. The van der Waals surface area contributed by atoms with Crippen LogP contribution in [0.15, 0.2) is 41.6 Å². The number of nitrogens with two attached hydrogens (primary N) is 1. The van der Waals surface area contributed by atoms with Crippen molar-refractivity contribution in [3.63, 3.8) is 0 Å². The smallest absolute Gasteiger partial charge is 0.352 e. The van der Waals surface area contributed by atoms with Gasteiger partial charge in [-0.3, -0.25) is 5.41 Å². The molecule has 0 saturated carbocycles. The zero-order valence-electron chi connectivity index (χ0n) is 8.32. The number of carboxylic acid groups (broad SMARTS) is 1. The third-order valence-corrected chi connectivity index (χ3v) is 2.07. The summed E-state index contributed by atoms with van der Waals surface area (Å²) in [6, 6.07) is 8.88. The normalized spacial score (nSPS) is 11.8. The van der Waals surface area contributed by atoms with Crippen LogP contribution in [0.5, 0.6) is 0 Å². The van der Waals surface area contributed by atoms with Crippen molar-refractivity contribution in [2.24, 2.45) is 5.73 Å². The summed E-state index contributed by atoms with van der Waals surface area (Å²) in [5, 5.41) is 16.4. The lowest BCUT2D eigenvalue weighted by Crippen LogP contribution is -2.16. The summed E-state index contributed by atoms with van der Waals surface area (Å²) in [6.45, 7) is 1.53. The van der Waals surface area contributed by atoms with Gasteiger partial charge < -0.3 is 10.8 Å². The Hall–Kier alpha value is -2.10. The van der Waals surface area contributed by atoms with Crippen LogP contribution in [0.3, 0.4) is 0 Å². The van der Waals surface area contributed by atoms with Gasteiger partial charge in [0.15, 0.2) is 0 Å². The van der Waals surface area contributed by atoms with Gasteiger partial charge in [0.25, 0.3) is 0 Å². The number of hydrogen-bond donors (Lipinski definition) is 3. The third kappa shape index (κ3) is 2.43. The second-order valence-electron chi connectivity index (χ2n) is 3.08. The van der Waals surface area contributed by atoms with Gasteiger partial charge in [-0.05, 0) is 12.5 Å². The molecular formula is C11H12N2O2. The standard InChI is InChI=1S/C11H12N2O2/c1-7(10(13)11(14)15)9(12)8-5-3-2-4-6-8/h2-6,12H,13H2,1H3,(H,14,15)/b10-7-,12-9?. The Morgan fingerprint density at radius 1 is 1.33 bits per heavy atom. The number of rotatable bonds is 3. The van der Waals surface area contributed by atoms with E-state index in [-0.39, 0.29) is 17.0 Å². The zero-order chi connectivity index (χ0) is 11.4. The molecule has 1 aromatic carbocycles. The number of carbonyl (C=O) groups is 1. The van der Waals surface area contributed by atoms with Crippen LogP contribution >= 0.6 is 0 Å². The Kier molecular flexibility index (Phi) is 3.23. The molecule has 0 aromatic heterocycles. The fourth-order valence-electron chi connectivity index (χ4n) is 1.12. The van der Waals surface area contributed by atoms with E-state index in [2.05, 4.69) is 0 Å². The van der Waals surface area contributed by atoms with Gasteiger partial charge in [0.05, 0.1) is 5.71 Å². The molecule has 0 aliphatic carbocycles. The number of allylic oxidation sites excluding steroid dienone is 1. The van der Waals surface area contributed by atoms with Crippen molar-refractivity contribution < 1.29 is 9.90 Å². The highest BCUT2D eigenvalue weighted by molar-refractivity contribution is 6.13. The fourth-order valence-corrected chi connectivity index (χ4v) is 1.12. The van der Waals surface area contributed by atoms with E-state index in [9.17, 15) is 4.79 Å². The van der Waals surface area contributed by atoms with Gasteiger partial charge in [-0.2, -0.15) is 0 Å². The van der Waals surface area contributed by atoms with E-state index in [1.54, 1.807) is 24.3 Å². The lowest BCUT2D eigenvalue weighted by atomic mass is 10.0. The summed E-state index contributed by atoms with van der Waals surface area (Å²) in [5.74, 6) is -1.20. The third-order valence-electron chi connectivity index (χ3n) is 2.07. The Morgan fingerprint density at radius 2 is 1.87 bits per heavy atom. The maximum Gasteiger partial charge on any atom is 0.352 e. The molecule has 0 aliphatic rings. The van der Waals surface area contributed by atoms with E-state index < -0.39 is 5.97 Å². The monoisotopic (exact) mass is 204 g/mol. The lowest BCUT2D eigenvalue weighted by molar-refractivity contribution is -0.132. The van der Waals surface area contributed by atoms with E-state index in [0.717, 1.165) is 0 Å². The molecule has 0 fully saturated rings. The van der Waals surface area contributed by atoms with Crippen molar-refractivity contribution in [2.75, 3.05) is 0 Å². The number of benzene rings is 1. The Bertz CT molecular complexity index is 421. The SMILES string of the molecule is C/C(C(=N)c1ccccc1)=C(/N)C(=O)O. The first-order valence-corrected chi connectivity index (χ1v) is 4.38. The molecule has 0 spiro atoms.